The van der Waals surface area contributed by atoms with Crippen molar-refractivity contribution in [2.75, 3.05) is 33.0 Å². The number of fused-ring (bicyclic) bond motifs is 1. The monoisotopic (exact) mass is 413 g/mol. The van der Waals surface area contributed by atoms with Crippen LogP contribution in [0.15, 0.2) is 42.7 Å². The van der Waals surface area contributed by atoms with Gasteiger partial charge in [-0.25, -0.2) is 9.97 Å². The van der Waals surface area contributed by atoms with Crippen molar-refractivity contribution >= 4 is 34.1 Å². The average Bonchev–Trinajstić information content (AvgIpc) is 2.70. The smallest absolute Gasteiger partial charge is 0.253 e. The number of carbonyl (C=O) groups excluding carboxylic acids is 1. The summed E-state index contributed by atoms with van der Waals surface area (Å²) in [6, 6.07) is 9.25. The summed E-state index contributed by atoms with van der Waals surface area (Å²) in [6.45, 7) is 1.80. The molecule has 0 spiro atoms. The molecule has 8 heteroatoms. The van der Waals surface area contributed by atoms with E-state index in [1.807, 2.05) is 38.4 Å². The molecule has 0 fully saturated rings. The highest BCUT2D eigenvalue weighted by molar-refractivity contribution is 6.32. The lowest BCUT2D eigenvalue weighted by molar-refractivity contribution is 0.0950. The molecule has 0 aliphatic rings. The van der Waals surface area contributed by atoms with Gasteiger partial charge < -0.3 is 20.7 Å². The van der Waals surface area contributed by atoms with Gasteiger partial charge in [0.05, 0.1) is 12.2 Å². The van der Waals surface area contributed by atoms with Crippen molar-refractivity contribution in [1.82, 2.24) is 20.2 Å². The highest BCUT2D eigenvalue weighted by Gasteiger charge is 2.11. The second-order valence-corrected chi connectivity index (χ2v) is 7.36. The van der Waals surface area contributed by atoms with Crippen LogP contribution in [0.25, 0.3) is 10.8 Å². The van der Waals surface area contributed by atoms with Crippen LogP contribution in [0.5, 0.6) is 5.88 Å². The fourth-order valence-corrected chi connectivity index (χ4v) is 3.07. The number of hydrogen-bond donors (Lipinski definition) is 2. The number of halogens is 1. The van der Waals surface area contributed by atoms with Crippen molar-refractivity contribution in [3.05, 3.63) is 58.9 Å². The van der Waals surface area contributed by atoms with Gasteiger partial charge in [0.15, 0.2) is 0 Å². The largest absolute Gasteiger partial charge is 0.477 e. The van der Waals surface area contributed by atoms with Gasteiger partial charge in [-0.2, -0.15) is 0 Å². The van der Waals surface area contributed by atoms with E-state index in [2.05, 4.69) is 20.2 Å². The molecule has 3 N–H and O–H groups in total. The second-order valence-electron chi connectivity index (χ2n) is 6.95. The van der Waals surface area contributed by atoms with Gasteiger partial charge >= 0.3 is 0 Å². The second kappa shape index (κ2) is 9.54. The lowest BCUT2D eigenvalue weighted by atomic mass is 10.1. The molecule has 1 amide bonds. The van der Waals surface area contributed by atoms with Crippen molar-refractivity contribution in [1.29, 1.82) is 0 Å². The molecule has 0 aliphatic heterocycles. The molecule has 152 valence electrons. The zero-order valence-corrected chi connectivity index (χ0v) is 17.2. The van der Waals surface area contributed by atoms with Crippen LogP contribution in [0.2, 0.25) is 5.02 Å². The van der Waals surface area contributed by atoms with Gasteiger partial charge in [0.25, 0.3) is 5.91 Å². The number of amides is 1. The molecule has 2 aromatic heterocycles. The minimum atomic E-state index is -0.257. The van der Waals surface area contributed by atoms with E-state index in [-0.39, 0.29) is 5.91 Å². The van der Waals surface area contributed by atoms with Gasteiger partial charge in [0.2, 0.25) is 5.88 Å². The first-order valence-corrected chi connectivity index (χ1v) is 9.66. The highest BCUT2D eigenvalue weighted by atomic mass is 35.5. The van der Waals surface area contributed by atoms with E-state index >= 15 is 0 Å². The fraction of sp³-hybridized carbons (Fsp3) is 0.286. The molecule has 1 aromatic carbocycles. The Hall–Kier alpha value is -2.90. The van der Waals surface area contributed by atoms with Crippen molar-refractivity contribution in [3.63, 3.8) is 0 Å². The van der Waals surface area contributed by atoms with Crippen LogP contribution in [-0.2, 0) is 6.54 Å². The summed E-state index contributed by atoms with van der Waals surface area (Å²) in [5.74, 6) is 0.568. The minimum absolute atomic E-state index is 0.257. The number of nitrogen functional groups attached to an aromatic ring is 1. The third-order valence-electron chi connectivity index (χ3n) is 4.37. The van der Waals surface area contributed by atoms with Gasteiger partial charge in [0.1, 0.15) is 10.8 Å². The summed E-state index contributed by atoms with van der Waals surface area (Å²) in [6.07, 6.45) is 3.99. The maximum atomic E-state index is 12.4. The third kappa shape index (κ3) is 5.56. The summed E-state index contributed by atoms with van der Waals surface area (Å²) in [5.41, 5.74) is 7.20. The Morgan fingerprint density at radius 1 is 1.24 bits per heavy atom. The summed E-state index contributed by atoms with van der Waals surface area (Å²) >= 11 is 6.22. The predicted octanol–water partition coefficient (Wildman–Crippen LogP) is 3.13. The van der Waals surface area contributed by atoms with Crippen LogP contribution in [0.1, 0.15) is 22.3 Å². The number of benzene rings is 1. The average molecular weight is 414 g/mol. The normalized spacial score (nSPS) is 11.0. The number of nitrogens with one attached hydrogen (secondary N) is 1. The van der Waals surface area contributed by atoms with Crippen LogP contribution in [-0.4, -0.2) is 48.0 Å². The Morgan fingerprint density at radius 2 is 2.07 bits per heavy atom. The molecule has 0 radical (unpaired) electrons. The topological polar surface area (TPSA) is 93.4 Å². The molecule has 7 nitrogen and oxygen atoms in total. The van der Waals surface area contributed by atoms with Crippen molar-refractivity contribution in [2.24, 2.45) is 0 Å². The van der Waals surface area contributed by atoms with E-state index in [0.717, 1.165) is 29.3 Å². The summed E-state index contributed by atoms with van der Waals surface area (Å²) in [5, 5.41) is 5.06. The molecule has 29 heavy (non-hydrogen) atoms. The van der Waals surface area contributed by atoms with Gasteiger partial charge in [0, 0.05) is 30.9 Å². The van der Waals surface area contributed by atoms with E-state index in [0.29, 0.717) is 35.4 Å². The summed E-state index contributed by atoms with van der Waals surface area (Å²) in [7, 11) is 4.01. The first-order chi connectivity index (χ1) is 13.9. The number of pyridine rings is 2. The molecule has 0 atom stereocenters. The standard InChI is InChI=1S/C21H24ClN5O2/c1-27(2)8-3-9-29-21-18(22)11-16(13-26-21)20(28)25-12-14-4-5-17-15(10-14)6-7-24-19(17)23/h4-7,10-11,13H,3,8-9,12H2,1-2H3,(H2,23,24)(H,25,28). The van der Waals surface area contributed by atoms with Crippen molar-refractivity contribution in [3.8, 4) is 5.88 Å². The molecule has 0 saturated carbocycles. The Morgan fingerprint density at radius 3 is 2.83 bits per heavy atom. The number of carbonyl (C=O) groups is 1. The Kier molecular flexibility index (Phi) is 6.85. The molecular formula is C21H24ClN5O2. The number of rotatable bonds is 8. The van der Waals surface area contributed by atoms with Gasteiger partial charge in [-0.15, -0.1) is 0 Å². The zero-order valence-electron chi connectivity index (χ0n) is 16.5. The number of nitrogens with two attached hydrogens (primary N) is 1. The van der Waals surface area contributed by atoms with E-state index in [9.17, 15) is 4.79 Å². The van der Waals surface area contributed by atoms with Crippen molar-refractivity contribution < 1.29 is 9.53 Å². The first-order valence-electron chi connectivity index (χ1n) is 9.28. The summed E-state index contributed by atoms with van der Waals surface area (Å²) in [4.78, 5) is 22.8. The predicted molar refractivity (Wildman–Crippen MR) is 115 cm³/mol. The lowest BCUT2D eigenvalue weighted by Gasteiger charge is -2.11. The maximum Gasteiger partial charge on any atom is 0.253 e. The Balaban J connectivity index is 1.58. The highest BCUT2D eigenvalue weighted by Crippen LogP contribution is 2.23. The van der Waals surface area contributed by atoms with Crippen LogP contribution in [0.3, 0.4) is 0 Å². The van der Waals surface area contributed by atoms with Gasteiger partial charge in [-0.3, -0.25) is 4.79 Å². The van der Waals surface area contributed by atoms with E-state index in [1.165, 1.54) is 6.20 Å². The zero-order chi connectivity index (χ0) is 20.8. The Bertz CT molecular complexity index is 1010. The lowest BCUT2D eigenvalue weighted by Crippen LogP contribution is -2.23. The van der Waals surface area contributed by atoms with Gasteiger partial charge in [-0.1, -0.05) is 23.7 Å². The van der Waals surface area contributed by atoms with Gasteiger partial charge in [-0.05, 0) is 49.7 Å². The van der Waals surface area contributed by atoms with Crippen LogP contribution >= 0.6 is 11.6 Å². The third-order valence-corrected chi connectivity index (χ3v) is 4.64. The number of nitrogens with zero attached hydrogens (tertiary/aromatic N) is 3. The molecule has 0 unspecified atom stereocenters. The van der Waals surface area contributed by atoms with Crippen LogP contribution in [0, 0.1) is 0 Å². The van der Waals surface area contributed by atoms with E-state index in [1.54, 1.807) is 12.3 Å². The molecule has 2 heterocycles. The summed E-state index contributed by atoms with van der Waals surface area (Å²) < 4.78 is 5.58. The minimum Gasteiger partial charge on any atom is -0.477 e. The van der Waals surface area contributed by atoms with E-state index < -0.39 is 0 Å². The van der Waals surface area contributed by atoms with Crippen molar-refractivity contribution in [2.45, 2.75) is 13.0 Å². The molecular weight excluding hydrogens is 390 g/mol. The number of aromatic nitrogens is 2. The maximum absolute atomic E-state index is 12.4. The van der Waals surface area contributed by atoms with E-state index in [4.69, 9.17) is 22.1 Å². The number of anilines is 1. The van der Waals surface area contributed by atoms with Crippen LogP contribution in [0.4, 0.5) is 5.82 Å². The first kappa shape index (κ1) is 20.8. The Labute approximate surface area is 174 Å². The quantitative estimate of drug-likeness (QED) is 0.551. The molecule has 0 bridgehead atoms. The fourth-order valence-electron chi connectivity index (χ4n) is 2.85. The number of hydrogen-bond acceptors (Lipinski definition) is 6. The van der Waals surface area contributed by atoms with Crippen LogP contribution < -0.4 is 15.8 Å². The number of ether oxygens (including phenoxy) is 1. The molecule has 3 aromatic rings. The SMILES string of the molecule is CN(C)CCCOc1ncc(C(=O)NCc2ccc3c(N)nccc3c2)cc1Cl. The molecule has 0 aliphatic carbocycles. The molecule has 0 saturated heterocycles. The molecule has 3 rings (SSSR count).